The number of hydrogen-bond donors (Lipinski definition) is 1. The smallest absolute Gasteiger partial charge is 0.238 e. The Morgan fingerprint density at radius 2 is 1.44 bits per heavy atom. The van der Waals surface area contributed by atoms with E-state index in [1.807, 2.05) is 95.9 Å². The Hall–Kier alpha value is -4.29. The number of rotatable bonds is 4. The SMILES string of the molecule is O=C(c1ccc(Br)cc1)[C@@H]1[C@H](C(=O)c2ccccc2)[C@@]2(C(=O)Nc3ccccc32)[C@H]2C=Cc3ccccc3N12. The van der Waals surface area contributed by atoms with Crippen LogP contribution in [0.15, 0.2) is 114 Å². The molecule has 1 N–H and O–H groups in total. The molecular formula is C33H23BrN2O3. The van der Waals surface area contributed by atoms with Crippen LogP contribution in [0.5, 0.6) is 0 Å². The van der Waals surface area contributed by atoms with Crippen LogP contribution in [0.1, 0.15) is 31.8 Å². The minimum atomic E-state index is -1.30. The zero-order chi connectivity index (χ0) is 26.7. The molecule has 3 heterocycles. The first-order valence-electron chi connectivity index (χ1n) is 12.9. The maximum Gasteiger partial charge on any atom is 0.238 e. The number of ketones is 2. The minimum absolute atomic E-state index is 0.194. The van der Waals surface area contributed by atoms with Crippen molar-refractivity contribution >= 4 is 50.9 Å². The molecule has 7 rings (SSSR count). The zero-order valence-electron chi connectivity index (χ0n) is 20.8. The molecule has 190 valence electrons. The summed E-state index contributed by atoms with van der Waals surface area (Å²) in [5, 5.41) is 3.06. The summed E-state index contributed by atoms with van der Waals surface area (Å²) >= 11 is 3.46. The van der Waals surface area contributed by atoms with E-state index in [9.17, 15) is 14.4 Å². The zero-order valence-corrected chi connectivity index (χ0v) is 22.3. The van der Waals surface area contributed by atoms with Crippen LogP contribution in [0.25, 0.3) is 6.08 Å². The summed E-state index contributed by atoms with van der Waals surface area (Å²) in [5.41, 5.74) is 2.86. The summed E-state index contributed by atoms with van der Waals surface area (Å²) in [6, 6.07) is 30.1. The fraction of sp³-hybridized carbons (Fsp3) is 0.121. The lowest BCUT2D eigenvalue weighted by atomic mass is 9.64. The van der Waals surface area contributed by atoms with Crippen LogP contribution >= 0.6 is 15.9 Å². The fourth-order valence-electron chi connectivity index (χ4n) is 6.69. The quantitative estimate of drug-likeness (QED) is 0.290. The topological polar surface area (TPSA) is 66.5 Å². The number of amides is 1. The Bertz CT molecular complexity index is 1680. The number of benzene rings is 4. The maximum absolute atomic E-state index is 14.6. The Labute approximate surface area is 234 Å². The maximum atomic E-state index is 14.6. The van der Waals surface area contributed by atoms with Crippen LogP contribution in [-0.4, -0.2) is 29.6 Å². The highest BCUT2D eigenvalue weighted by atomic mass is 79.9. The average molecular weight is 575 g/mol. The van der Waals surface area contributed by atoms with Crippen molar-refractivity contribution in [3.63, 3.8) is 0 Å². The predicted molar refractivity (Wildman–Crippen MR) is 155 cm³/mol. The number of carbonyl (C=O) groups is 3. The molecule has 0 aromatic heterocycles. The van der Waals surface area contributed by atoms with Gasteiger partial charge in [-0.3, -0.25) is 14.4 Å². The highest BCUT2D eigenvalue weighted by Crippen LogP contribution is 2.58. The molecule has 0 radical (unpaired) electrons. The third-order valence-electron chi connectivity index (χ3n) is 8.28. The molecule has 1 fully saturated rings. The normalized spacial score (nSPS) is 24.2. The fourth-order valence-corrected chi connectivity index (χ4v) is 6.95. The van der Waals surface area contributed by atoms with Crippen molar-refractivity contribution in [2.75, 3.05) is 10.2 Å². The summed E-state index contributed by atoms with van der Waals surface area (Å²) in [6.07, 6.45) is 3.99. The molecule has 1 amide bonds. The molecule has 0 saturated carbocycles. The molecule has 3 aliphatic rings. The third-order valence-corrected chi connectivity index (χ3v) is 8.81. The van der Waals surface area contributed by atoms with Gasteiger partial charge in [0.1, 0.15) is 11.5 Å². The molecule has 1 saturated heterocycles. The number of halogens is 1. The van der Waals surface area contributed by atoms with E-state index in [-0.39, 0.29) is 17.5 Å². The monoisotopic (exact) mass is 574 g/mol. The van der Waals surface area contributed by atoms with Gasteiger partial charge >= 0.3 is 0 Å². The predicted octanol–water partition coefficient (Wildman–Crippen LogP) is 6.31. The van der Waals surface area contributed by atoms with E-state index >= 15 is 0 Å². The van der Waals surface area contributed by atoms with Crippen molar-refractivity contribution in [1.82, 2.24) is 0 Å². The summed E-state index contributed by atoms with van der Waals surface area (Å²) in [7, 11) is 0. The molecule has 4 aromatic carbocycles. The lowest BCUT2D eigenvalue weighted by Gasteiger charge is -2.37. The van der Waals surface area contributed by atoms with Gasteiger partial charge in [0, 0.05) is 27.0 Å². The van der Waals surface area contributed by atoms with Gasteiger partial charge in [0.05, 0.1) is 12.0 Å². The van der Waals surface area contributed by atoms with E-state index in [0.717, 1.165) is 21.3 Å². The van der Waals surface area contributed by atoms with Gasteiger partial charge in [0.2, 0.25) is 5.91 Å². The van der Waals surface area contributed by atoms with E-state index in [2.05, 4.69) is 21.2 Å². The lowest BCUT2D eigenvalue weighted by Crippen LogP contribution is -2.51. The van der Waals surface area contributed by atoms with E-state index in [1.54, 1.807) is 24.3 Å². The van der Waals surface area contributed by atoms with Gasteiger partial charge in [-0.2, -0.15) is 0 Å². The van der Waals surface area contributed by atoms with Crippen LogP contribution in [0.3, 0.4) is 0 Å². The number of nitrogens with one attached hydrogen (secondary N) is 1. The first kappa shape index (κ1) is 23.8. The van der Waals surface area contributed by atoms with E-state index in [1.165, 1.54) is 0 Å². The number of carbonyl (C=O) groups excluding carboxylic acids is 3. The van der Waals surface area contributed by atoms with Crippen LogP contribution in [0.2, 0.25) is 0 Å². The lowest BCUT2D eigenvalue weighted by molar-refractivity contribution is -0.121. The number of fused-ring (bicyclic) bond motifs is 6. The van der Waals surface area contributed by atoms with Gasteiger partial charge in [-0.05, 0) is 35.4 Å². The van der Waals surface area contributed by atoms with Crippen LogP contribution < -0.4 is 10.2 Å². The Balaban J connectivity index is 1.54. The highest BCUT2D eigenvalue weighted by molar-refractivity contribution is 9.10. The van der Waals surface area contributed by atoms with E-state index in [4.69, 9.17) is 0 Å². The van der Waals surface area contributed by atoms with E-state index < -0.39 is 23.4 Å². The van der Waals surface area contributed by atoms with Gasteiger partial charge in [-0.15, -0.1) is 0 Å². The van der Waals surface area contributed by atoms with Crippen molar-refractivity contribution in [3.05, 3.63) is 136 Å². The molecule has 39 heavy (non-hydrogen) atoms. The average Bonchev–Trinajstić information content (AvgIpc) is 3.45. The summed E-state index contributed by atoms with van der Waals surface area (Å²) in [4.78, 5) is 45.5. The molecule has 1 spiro atoms. The second-order valence-electron chi connectivity index (χ2n) is 10.2. The number of hydrogen-bond acceptors (Lipinski definition) is 4. The van der Waals surface area contributed by atoms with Crippen molar-refractivity contribution in [3.8, 4) is 0 Å². The summed E-state index contributed by atoms with van der Waals surface area (Å²) in [6.45, 7) is 0. The van der Waals surface area contributed by atoms with Gasteiger partial charge in [0.15, 0.2) is 11.6 Å². The largest absolute Gasteiger partial charge is 0.352 e. The van der Waals surface area contributed by atoms with Crippen LogP contribution in [0.4, 0.5) is 11.4 Å². The Morgan fingerprint density at radius 1 is 0.769 bits per heavy atom. The van der Waals surface area contributed by atoms with Gasteiger partial charge in [-0.1, -0.05) is 107 Å². The number of nitrogens with zero attached hydrogens (tertiary/aromatic N) is 1. The first-order valence-corrected chi connectivity index (χ1v) is 13.7. The van der Waals surface area contributed by atoms with Crippen molar-refractivity contribution in [1.29, 1.82) is 0 Å². The molecule has 6 heteroatoms. The molecule has 3 aliphatic heterocycles. The molecule has 0 unspecified atom stereocenters. The van der Waals surface area contributed by atoms with Gasteiger partial charge in [0.25, 0.3) is 0 Å². The van der Waals surface area contributed by atoms with Crippen LogP contribution in [0, 0.1) is 5.92 Å². The number of anilines is 2. The van der Waals surface area contributed by atoms with Crippen LogP contribution in [-0.2, 0) is 10.2 Å². The standard InChI is InChI=1S/C33H23BrN2O3/c34-23-17-14-22(15-18-23)31(38)29-28(30(37)21-9-2-1-3-10-21)33(24-11-5-6-12-25(24)35-32(33)39)27-19-16-20-8-4-7-13-26(20)36(27)29/h1-19,27-29H,(H,35,39)/t27-,28-,29+,33+/m1/s1. The minimum Gasteiger partial charge on any atom is -0.352 e. The molecule has 0 bridgehead atoms. The Kier molecular flexibility index (Phi) is 5.42. The second-order valence-corrected chi connectivity index (χ2v) is 11.1. The molecule has 4 atom stereocenters. The molecule has 5 nitrogen and oxygen atoms in total. The Morgan fingerprint density at radius 3 is 2.23 bits per heavy atom. The van der Waals surface area contributed by atoms with Crippen molar-refractivity contribution in [2.24, 2.45) is 5.92 Å². The van der Waals surface area contributed by atoms with Gasteiger partial charge in [-0.25, -0.2) is 0 Å². The first-order chi connectivity index (χ1) is 19.0. The van der Waals surface area contributed by atoms with Crippen molar-refractivity contribution < 1.29 is 14.4 Å². The number of Topliss-reactive ketones (excluding diaryl/α,β-unsaturated/α-hetero) is 2. The molecule has 4 aromatic rings. The molecule has 0 aliphatic carbocycles. The highest BCUT2D eigenvalue weighted by Gasteiger charge is 2.70. The summed E-state index contributed by atoms with van der Waals surface area (Å²) < 4.78 is 0.854. The van der Waals surface area contributed by atoms with Gasteiger partial charge < -0.3 is 10.2 Å². The second kappa shape index (κ2) is 8.89. The van der Waals surface area contributed by atoms with Crippen molar-refractivity contribution in [2.45, 2.75) is 17.5 Å². The van der Waals surface area contributed by atoms with E-state index in [0.29, 0.717) is 16.8 Å². The third kappa shape index (κ3) is 3.34. The number of para-hydroxylation sites is 2. The molecular weight excluding hydrogens is 552 g/mol. The summed E-state index contributed by atoms with van der Waals surface area (Å²) in [5.74, 6) is -1.65.